The third-order valence-corrected chi connectivity index (χ3v) is 11.4. The minimum Gasteiger partial charge on any atom is -0.397 e. The topological polar surface area (TPSA) is 105 Å². The quantitative estimate of drug-likeness (QED) is 0.435. The molecule has 3 N–H and O–H groups in total. The highest BCUT2D eigenvalue weighted by molar-refractivity contribution is 7.08. The normalized spacial score (nSPS) is 21.5. The van der Waals surface area contributed by atoms with Gasteiger partial charge in [0.15, 0.2) is 0 Å². The van der Waals surface area contributed by atoms with Gasteiger partial charge in [0.2, 0.25) is 11.8 Å². The van der Waals surface area contributed by atoms with Gasteiger partial charge >= 0.3 is 6.03 Å². The molecule has 45 heavy (non-hydrogen) atoms. The van der Waals surface area contributed by atoms with E-state index in [-0.39, 0.29) is 30.3 Å². The minimum atomic E-state index is -0.478. The molecule has 4 aliphatic heterocycles. The van der Waals surface area contributed by atoms with Crippen molar-refractivity contribution in [2.45, 2.75) is 64.1 Å². The van der Waals surface area contributed by atoms with E-state index in [0.29, 0.717) is 55.9 Å². The highest BCUT2D eigenvalue weighted by atomic mass is 35.5. The molecule has 0 saturated carbocycles. The average Bonchev–Trinajstić information content (AvgIpc) is 3.50. The van der Waals surface area contributed by atoms with E-state index in [2.05, 4.69) is 27.5 Å². The highest BCUT2D eigenvalue weighted by Crippen LogP contribution is 2.31. The zero-order chi connectivity index (χ0) is 31.7. The van der Waals surface area contributed by atoms with E-state index in [1.165, 1.54) is 12.8 Å². The van der Waals surface area contributed by atoms with Gasteiger partial charge in [-0.15, -0.1) is 11.3 Å². The first-order chi connectivity index (χ1) is 21.7. The van der Waals surface area contributed by atoms with Crippen molar-refractivity contribution in [1.82, 2.24) is 24.5 Å². The number of piperidine rings is 2. The number of piperazine rings is 1. The number of hydrogen-bond acceptors (Lipinski definition) is 7. The van der Waals surface area contributed by atoms with E-state index in [9.17, 15) is 14.4 Å². The van der Waals surface area contributed by atoms with Crippen LogP contribution < -0.4 is 11.1 Å². The lowest BCUT2D eigenvalue weighted by Crippen LogP contribution is -2.55. The lowest BCUT2D eigenvalue weighted by atomic mass is 9.92. The van der Waals surface area contributed by atoms with Crippen molar-refractivity contribution in [2.24, 2.45) is 5.92 Å². The largest absolute Gasteiger partial charge is 0.397 e. The predicted octanol–water partition coefficient (Wildman–Crippen LogP) is 4.12. The Hall–Kier alpha value is -2.86. The van der Waals surface area contributed by atoms with Crippen LogP contribution in [0.2, 0.25) is 5.02 Å². The summed E-state index contributed by atoms with van der Waals surface area (Å²) in [6.45, 7) is 9.04. The lowest BCUT2D eigenvalue weighted by Gasteiger charge is -2.43. The molecule has 0 spiro atoms. The number of hydrogen-bond donors (Lipinski definition) is 2. The van der Waals surface area contributed by atoms with Crippen molar-refractivity contribution in [1.29, 1.82) is 0 Å². The van der Waals surface area contributed by atoms with Crippen molar-refractivity contribution in [3.63, 3.8) is 0 Å². The monoisotopic (exact) mass is 655 g/mol. The fourth-order valence-corrected chi connectivity index (χ4v) is 8.53. The van der Waals surface area contributed by atoms with E-state index in [1.807, 2.05) is 39.1 Å². The van der Waals surface area contributed by atoms with E-state index < -0.39 is 5.92 Å². The smallest absolute Gasteiger partial charge is 0.322 e. The molecule has 0 radical (unpaired) electrons. The lowest BCUT2D eigenvalue weighted by molar-refractivity contribution is -0.143. The molecule has 0 bridgehead atoms. The Kier molecular flexibility index (Phi) is 9.89. The molecule has 10 nitrogen and oxygen atoms in total. The molecule has 5 heterocycles. The van der Waals surface area contributed by atoms with E-state index >= 15 is 0 Å². The summed E-state index contributed by atoms with van der Waals surface area (Å²) in [4.78, 5) is 51.3. The summed E-state index contributed by atoms with van der Waals surface area (Å²) in [6, 6.07) is 4.42. The first kappa shape index (κ1) is 32.1. The van der Waals surface area contributed by atoms with Crippen molar-refractivity contribution >= 4 is 52.2 Å². The molecule has 0 aliphatic carbocycles. The molecular formula is C33H46ClN7O3S. The van der Waals surface area contributed by atoms with Crippen LogP contribution in [0.1, 0.15) is 48.8 Å². The van der Waals surface area contributed by atoms with Gasteiger partial charge in [-0.25, -0.2) is 4.79 Å². The number of anilines is 2. The van der Waals surface area contributed by atoms with Gasteiger partial charge in [-0.3, -0.25) is 14.5 Å². The summed E-state index contributed by atoms with van der Waals surface area (Å²) in [5.41, 5.74) is 10.5. The van der Waals surface area contributed by atoms with Gasteiger partial charge in [-0.1, -0.05) is 17.7 Å². The van der Waals surface area contributed by atoms with Gasteiger partial charge in [0, 0.05) is 68.7 Å². The van der Waals surface area contributed by atoms with Crippen LogP contribution in [0.15, 0.2) is 22.9 Å². The first-order valence-corrected chi connectivity index (χ1v) is 17.6. The maximum atomic E-state index is 14.1. The van der Waals surface area contributed by atoms with E-state index in [1.54, 1.807) is 11.3 Å². The number of fused-ring (bicyclic) bond motifs is 1. The fraction of sp³-hybridized carbons (Fsp3) is 0.606. The van der Waals surface area contributed by atoms with Crippen LogP contribution in [0.25, 0.3) is 0 Å². The Labute approximate surface area is 275 Å². The van der Waals surface area contributed by atoms with Gasteiger partial charge in [0.1, 0.15) is 0 Å². The summed E-state index contributed by atoms with van der Waals surface area (Å²) < 4.78 is 0. The maximum absolute atomic E-state index is 14.1. The molecule has 4 aliphatic rings. The summed E-state index contributed by atoms with van der Waals surface area (Å²) in [5.74, 6) is -0.435. The zero-order valence-corrected chi connectivity index (χ0v) is 28.0. The van der Waals surface area contributed by atoms with Crippen molar-refractivity contribution < 1.29 is 14.4 Å². The Balaban J connectivity index is 1.09. The number of carbonyl (C=O) groups excluding carboxylic acids is 3. The summed E-state index contributed by atoms with van der Waals surface area (Å²) >= 11 is 8.03. The Bertz CT molecular complexity index is 1370. The fourth-order valence-electron chi connectivity index (χ4n) is 7.46. The average molecular weight is 656 g/mol. The second kappa shape index (κ2) is 13.9. The molecule has 244 valence electrons. The number of halogens is 1. The number of urea groups is 1. The molecule has 0 unspecified atom stereocenters. The second-order valence-corrected chi connectivity index (χ2v) is 14.4. The third kappa shape index (κ3) is 7.26. The molecule has 3 fully saturated rings. The molecule has 4 amide bonds. The van der Waals surface area contributed by atoms with Crippen LogP contribution in [0.3, 0.4) is 0 Å². The minimum absolute atomic E-state index is 0.00163. The van der Waals surface area contributed by atoms with Gasteiger partial charge in [-0.2, -0.15) is 0 Å². The highest BCUT2D eigenvalue weighted by Gasteiger charge is 2.36. The molecule has 12 heteroatoms. The third-order valence-electron chi connectivity index (χ3n) is 10.3. The van der Waals surface area contributed by atoms with Crippen molar-refractivity contribution in [2.75, 3.05) is 70.5 Å². The number of nitrogens with two attached hydrogens (primary N) is 1. The molecule has 3 saturated heterocycles. The first-order valence-electron chi connectivity index (χ1n) is 16.3. The Morgan fingerprint density at radius 2 is 1.67 bits per heavy atom. The maximum Gasteiger partial charge on any atom is 0.322 e. The van der Waals surface area contributed by atoms with Crippen LogP contribution in [-0.4, -0.2) is 114 Å². The van der Waals surface area contributed by atoms with Gasteiger partial charge in [-0.05, 0) is 81.7 Å². The molecule has 2 aromatic rings. The second-order valence-electron chi connectivity index (χ2n) is 13.3. The number of aryl methyl sites for hydroxylation is 1. The van der Waals surface area contributed by atoms with Gasteiger partial charge in [0.05, 0.1) is 28.9 Å². The van der Waals surface area contributed by atoms with Crippen molar-refractivity contribution in [3.05, 3.63) is 44.6 Å². The van der Waals surface area contributed by atoms with Crippen LogP contribution in [0.5, 0.6) is 0 Å². The molecular weight excluding hydrogens is 610 g/mol. The van der Waals surface area contributed by atoms with Crippen molar-refractivity contribution in [3.8, 4) is 0 Å². The van der Waals surface area contributed by atoms with E-state index in [0.717, 1.165) is 61.4 Å². The van der Waals surface area contributed by atoms with Gasteiger partial charge < -0.3 is 30.7 Å². The summed E-state index contributed by atoms with van der Waals surface area (Å²) in [7, 11) is 2.18. The zero-order valence-electron chi connectivity index (χ0n) is 26.5. The molecule has 1 aromatic heterocycles. The number of benzene rings is 1. The molecule has 1 aromatic carbocycles. The summed E-state index contributed by atoms with van der Waals surface area (Å²) in [6.07, 6.45) is 4.39. The van der Waals surface area contributed by atoms with Crippen LogP contribution >= 0.6 is 22.9 Å². The number of likely N-dealkylation sites (tertiary alicyclic amines) is 2. The Morgan fingerprint density at radius 3 is 2.36 bits per heavy atom. The Morgan fingerprint density at radius 1 is 0.978 bits per heavy atom. The number of rotatable bonds is 7. The van der Waals surface area contributed by atoms with E-state index in [4.69, 9.17) is 17.3 Å². The van der Waals surface area contributed by atoms with Crippen LogP contribution in [0, 0.1) is 12.8 Å². The molecule has 6 rings (SSSR count). The standard InChI is InChI=1S/C33H46ClN7O3S/c1-22-15-23(17-28(34)31(22)35)16-24(32(43)40-13-11-38(12-14-40)26-3-7-37(2)8-4-26)18-30(42)39-9-5-27(6-10-39)41-19-25-20-45-21-29(25)36-33(41)44/h15,17,20-21,24,26-27H,3-14,16,18-19,35H2,1-2H3,(H,36,44)/t24-/m0/s1. The number of carbonyl (C=O) groups is 3. The number of amides is 4. The molecule has 1 atom stereocenters. The van der Waals surface area contributed by atoms with Gasteiger partial charge in [0.25, 0.3) is 0 Å². The number of nitrogens with one attached hydrogen (secondary N) is 1. The number of nitrogens with zero attached hydrogens (tertiary/aromatic N) is 5. The van der Waals surface area contributed by atoms with Crippen LogP contribution in [0.4, 0.5) is 16.2 Å². The number of nitrogen functional groups attached to an aromatic ring is 1. The SMILES string of the molecule is Cc1cc(C[C@@H](CC(=O)N2CCC(N3Cc4cscc4NC3=O)CC2)C(=O)N2CCN(C3CCN(C)CC3)CC2)cc(Cl)c1N. The predicted molar refractivity (Wildman–Crippen MR) is 180 cm³/mol. The number of thiophene rings is 1. The van der Waals surface area contributed by atoms with Crippen LogP contribution in [-0.2, 0) is 22.6 Å². The summed E-state index contributed by atoms with van der Waals surface area (Å²) in [5, 5.41) is 7.54.